The van der Waals surface area contributed by atoms with E-state index >= 15 is 0 Å². The first-order valence-electron chi connectivity index (χ1n) is 9.56. The molecule has 5 heteroatoms. The summed E-state index contributed by atoms with van der Waals surface area (Å²) in [6.45, 7) is 8.76. The Bertz CT molecular complexity index is 882. The van der Waals surface area contributed by atoms with E-state index in [4.69, 9.17) is 5.73 Å². The summed E-state index contributed by atoms with van der Waals surface area (Å²) in [4.78, 5) is 26.1. The summed E-state index contributed by atoms with van der Waals surface area (Å²) < 4.78 is 0. The Labute approximate surface area is 165 Å². The smallest absolute Gasteiger partial charge is 0.256 e. The van der Waals surface area contributed by atoms with Crippen molar-refractivity contribution in [3.05, 3.63) is 51.4 Å². The van der Waals surface area contributed by atoms with Crippen molar-refractivity contribution >= 4 is 28.2 Å². The number of rotatable bonds is 5. The molecule has 0 radical (unpaired) electrons. The van der Waals surface area contributed by atoms with Gasteiger partial charge >= 0.3 is 0 Å². The molecular weight excluding hydrogens is 356 g/mol. The number of hydrogen-bond acceptors (Lipinski definition) is 3. The zero-order chi connectivity index (χ0) is 19.8. The average molecular weight is 385 g/mol. The highest BCUT2D eigenvalue weighted by Gasteiger charge is 2.35. The van der Waals surface area contributed by atoms with Crippen LogP contribution in [0.15, 0.2) is 24.3 Å². The molecule has 4 nitrogen and oxygen atoms in total. The second-order valence-electron chi connectivity index (χ2n) is 8.12. The van der Waals surface area contributed by atoms with E-state index in [0.717, 1.165) is 36.8 Å². The van der Waals surface area contributed by atoms with Gasteiger partial charge in [0.1, 0.15) is 5.00 Å². The summed E-state index contributed by atoms with van der Waals surface area (Å²) >= 11 is 1.52. The number of amides is 2. The van der Waals surface area contributed by atoms with Gasteiger partial charge in [0, 0.05) is 10.4 Å². The van der Waals surface area contributed by atoms with Crippen LogP contribution in [0.4, 0.5) is 5.00 Å². The number of fused-ring (bicyclic) bond motifs is 1. The molecule has 3 N–H and O–H groups in total. The van der Waals surface area contributed by atoms with E-state index in [1.807, 2.05) is 25.1 Å². The zero-order valence-electron chi connectivity index (χ0n) is 16.5. The van der Waals surface area contributed by atoms with Gasteiger partial charge in [0.05, 0.1) is 5.56 Å². The molecule has 2 aromatic rings. The van der Waals surface area contributed by atoms with Crippen molar-refractivity contribution in [2.75, 3.05) is 5.32 Å². The summed E-state index contributed by atoms with van der Waals surface area (Å²) in [5, 5.41) is 3.55. The van der Waals surface area contributed by atoms with Gasteiger partial charge in [-0.2, -0.15) is 0 Å². The largest absolute Gasteiger partial charge is 0.365 e. The third-order valence-corrected chi connectivity index (χ3v) is 7.31. The van der Waals surface area contributed by atoms with Crippen LogP contribution in [0.5, 0.6) is 0 Å². The highest BCUT2D eigenvalue weighted by atomic mass is 32.1. The number of thiophene rings is 1. The third-order valence-electron chi connectivity index (χ3n) is 6.14. The number of carbonyl (C=O) groups is 2. The molecule has 27 heavy (non-hydrogen) atoms. The lowest BCUT2D eigenvalue weighted by atomic mass is 9.69. The first-order valence-corrected chi connectivity index (χ1v) is 10.4. The van der Waals surface area contributed by atoms with Crippen molar-refractivity contribution in [2.24, 2.45) is 17.1 Å². The summed E-state index contributed by atoms with van der Waals surface area (Å²) in [6.07, 6.45) is 3.97. The molecule has 2 amide bonds. The van der Waals surface area contributed by atoms with Crippen LogP contribution in [0.1, 0.15) is 70.3 Å². The molecule has 0 saturated heterocycles. The minimum Gasteiger partial charge on any atom is -0.365 e. The van der Waals surface area contributed by atoms with Gasteiger partial charge in [-0.1, -0.05) is 45.4 Å². The van der Waals surface area contributed by atoms with Crippen LogP contribution in [-0.2, 0) is 12.8 Å². The van der Waals surface area contributed by atoms with Gasteiger partial charge in [-0.25, -0.2) is 0 Å². The summed E-state index contributed by atoms with van der Waals surface area (Å²) in [7, 11) is 0. The molecule has 0 bridgehead atoms. The first kappa shape index (κ1) is 19.6. The van der Waals surface area contributed by atoms with Crippen LogP contribution >= 0.6 is 11.3 Å². The molecule has 3 rings (SSSR count). The molecule has 1 aromatic carbocycles. The van der Waals surface area contributed by atoms with Gasteiger partial charge in [-0.15, -0.1) is 11.3 Å². The molecule has 0 spiro atoms. The maximum Gasteiger partial charge on any atom is 0.256 e. The molecule has 1 aliphatic rings. The molecule has 1 unspecified atom stereocenters. The van der Waals surface area contributed by atoms with Crippen LogP contribution < -0.4 is 11.1 Å². The van der Waals surface area contributed by atoms with Crippen LogP contribution in [-0.4, -0.2) is 11.8 Å². The second kappa shape index (κ2) is 7.47. The number of benzene rings is 1. The predicted octanol–water partition coefficient (Wildman–Crippen LogP) is 4.95. The summed E-state index contributed by atoms with van der Waals surface area (Å²) in [5.41, 5.74) is 9.01. The minimum absolute atomic E-state index is 0.195. The third kappa shape index (κ3) is 3.79. The van der Waals surface area contributed by atoms with Crippen molar-refractivity contribution in [1.82, 2.24) is 0 Å². The molecule has 0 fully saturated rings. The molecule has 1 heterocycles. The van der Waals surface area contributed by atoms with Crippen LogP contribution in [0.25, 0.3) is 0 Å². The van der Waals surface area contributed by atoms with Gasteiger partial charge in [0.2, 0.25) is 0 Å². The van der Waals surface area contributed by atoms with Gasteiger partial charge < -0.3 is 11.1 Å². The molecular formula is C22H28N2O2S. The molecule has 144 valence electrons. The maximum absolute atomic E-state index is 12.7. The van der Waals surface area contributed by atoms with Crippen LogP contribution in [0.2, 0.25) is 0 Å². The lowest BCUT2D eigenvalue weighted by Gasteiger charge is -2.36. The van der Waals surface area contributed by atoms with Crippen LogP contribution in [0, 0.1) is 18.3 Å². The Morgan fingerprint density at radius 1 is 1.30 bits per heavy atom. The predicted molar refractivity (Wildman–Crippen MR) is 112 cm³/mol. The lowest BCUT2D eigenvalue weighted by molar-refractivity contribution is 0.0999. The van der Waals surface area contributed by atoms with E-state index in [2.05, 4.69) is 26.1 Å². The second-order valence-corrected chi connectivity index (χ2v) is 9.23. The van der Waals surface area contributed by atoms with Crippen molar-refractivity contribution in [3.63, 3.8) is 0 Å². The topological polar surface area (TPSA) is 72.2 Å². The number of carbonyl (C=O) groups excluding carboxylic acids is 2. The first-order chi connectivity index (χ1) is 12.7. The van der Waals surface area contributed by atoms with Gasteiger partial charge in [0.25, 0.3) is 11.8 Å². The average Bonchev–Trinajstić information content (AvgIpc) is 2.99. The Kier molecular flexibility index (Phi) is 5.43. The number of aryl methyl sites for hydroxylation is 1. The highest BCUT2D eigenvalue weighted by molar-refractivity contribution is 7.17. The van der Waals surface area contributed by atoms with E-state index < -0.39 is 5.91 Å². The van der Waals surface area contributed by atoms with Crippen molar-refractivity contribution < 1.29 is 9.59 Å². The number of nitrogens with two attached hydrogens (primary N) is 1. The fourth-order valence-electron chi connectivity index (χ4n) is 3.89. The van der Waals surface area contributed by atoms with Gasteiger partial charge in [-0.05, 0) is 54.7 Å². The Hall–Kier alpha value is -2.14. The van der Waals surface area contributed by atoms with E-state index in [1.54, 1.807) is 6.07 Å². The summed E-state index contributed by atoms with van der Waals surface area (Å²) in [5.74, 6) is -0.0743. The fourth-order valence-corrected chi connectivity index (χ4v) is 5.22. The minimum atomic E-state index is -0.458. The SMILES string of the molecule is CCC(C)(C)C1CCc2c(sc(NC(=O)c3ccccc3C)c2C(N)=O)C1. The van der Waals surface area contributed by atoms with Crippen molar-refractivity contribution in [3.8, 4) is 0 Å². The highest BCUT2D eigenvalue weighted by Crippen LogP contribution is 2.45. The van der Waals surface area contributed by atoms with Gasteiger partial charge in [0.15, 0.2) is 0 Å². The summed E-state index contributed by atoms with van der Waals surface area (Å²) in [6, 6.07) is 7.44. The number of anilines is 1. The normalized spacial score (nSPS) is 16.7. The standard InChI is InChI=1S/C22H28N2O2S/c1-5-22(3,4)14-10-11-16-17(12-14)27-21(18(16)19(23)25)24-20(26)15-9-7-6-8-13(15)2/h6-9,14H,5,10-12H2,1-4H3,(H2,23,25)(H,24,26). The molecule has 0 aliphatic heterocycles. The fraction of sp³-hybridized carbons (Fsp3) is 0.455. The van der Waals surface area contributed by atoms with Gasteiger partial charge in [-0.3, -0.25) is 9.59 Å². The van der Waals surface area contributed by atoms with Crippen molar-refractivity contribution in [2.45, 2.75) is 53.4 Å². The van der Waals surface area contributed by atoms with E-state index in [1.165, 1.54) is 16.2 Å². The molecule has 0 saturated carbocycles. The van der Waals surface area contributed by atoms with Crippen molar-refractivity contribution in [1.29, 1.82) is 0 Å². The molecule has 1 atom stereocenters. The quantitative estimate of drug-likeness (QED) is 0.765. The lowest BCUT2D eigenvalue weighted by Crippen LogP contribution is -2.29. The Balaban J connectivity index is 1.93. The van der Waals surface area contributed by atoms with E-state index in [0.29, 0.717) is 22.0 Å². The zero-order valence-corrected chi connectivity index (χ0v) is 17.3. The number of hydrogen-bond donors (Lipinski definition) is 2. The Morgan fingerprint density at radius 2 is 2.00 bits per heavy atom. The van der Waals surface area contributed by atoms with Crippen LogP contribution in [0.3, 0.4) is 0 Å². The molecule has 1 aromatic heterocycles. The number of nitrogens with one attached hydrogen (secondary N) is 1. The molecule has 1 aliphatic carbocycles. The maximum atomic E-state index is 12.7. The number of primary amides is 1. The Morgan fingerprint density at radius 3 is 2.63 bits per heavy atom. The van der Waals surface area contributed by atoms with E-state index in [9.17, 15) is 9.59 Å². The van der Waals surface area contributed by atoms with E-state index in [-0.39, 0.29) is 11.3 Å². The monoisotopic (exact) mass is 384 g/mol.